The molecule has 2 nitrogen and oxygen atoms in total. The Kier molecular flexibility index (Phi) is 6.33. The van der Waals surface area contributed by atoms with Crippen molar-refractivity contribution in [3.63, 3.8) is 0 Å². The standard InChI is InChI=1S/C21H18Br2FNO/c1-14-2-8-19(9-3-14)25-12-16-10-17(22)11-20(23)21(16)26-13-15-4-6-18(24)7-5-15/h2-11,25H,12-13H2,1H3. The molecule has 0 aliphatic heterocycles. The van der Waals surface area contributed by atoms with Gasteiger partial charge in [-0.15, -0.1) is 0 Å². The Morgan fingerprint density at radius 1 is 0.962 bits per heavy atom. The van der Waals surface area contributed by atoms with Gasteiger partial charge in [0.25, 0.3) is 0 Å². The number of anilines is 1. The summed E-state index contributed by atoms with van der Waals surface area (Å²) in [6.45, 7) is 3.06. The fraction of sp³-hybridized carbons (Fsp3) is 0.143. The van der Waals surface area contributed by atoms with E-state index in [0.717, 1.165) is 31.5 Å². The Morgan fingerprint density at radius 3 is 2.35 bits per heavy atom. The summed E-state index contributed by atoms with van der Waals surface area (Å²) in [4.78, 5) is 0. The van der Waals surface area contributed by atoms with Gasteiger partial charge in [0.1, 0.15) is 18.2 Å². The lowest BCUT2D eigenvalue weighted by atomic mass is 10.1. The van der Waals surface area contributed by atoms with E-state index in [1.807, 2.05) is 12.1 Å². The Balaban J connectivity index is 1.75. The fourth-order valence-electron chi connectivity index (χ4n) is 2.51. The molecule has 3 rings (SSSR count). The zero-order valence-corrected chi connectivity index (χ0v) is 17.4. The van der Waals surface area contributed by atoms with Crippen LogP contribution in [0.4, 0.5) is 10.1 Å². The van der Waals surface area contributed by atoms with Gasteiger partial charge in [0.2, 0.25) is 0 Å². The van der Waals surface area contributed by atoms with Gasteiger partial charge in [-0.2, -0.15) is 0 Å². The third-order valence-electron chi connectivity index (χ3n) is 3.92. The van der Waals surface area contributed by atoms with Crippen LogP contribution in [0, 0.1) is 12.7 Å². The van der Waals surface area contributed by atoms with E-state index in [9.17, 15) is 4.39 Å². The molecule has 5 heteroatoms. The second-order valence-electron chi connectivity index (χ2n) is 6.01. The summed E-state index contributed by atoms with van der Waals surface area (Å²) in [6.07, 6.45) is 0. The molecule has 0 bridgehead atoms. The highest BCUT2D eigenvalue weighted by molar-refractivity contribution is 9.11. The molecule has 0 saturated carbocycles. The minimum absolute atomic E-state index is 0.249. The van der Waals surface area contributed by atoms with Gasteiger partial charge in [0, 0.05) is 22.3 Å². The van der Waals surface area contributed by atoms with Crippen LogP contribution in [0.25, 0.3) is 0 Å². The highest BCUT2D eigenvalue weighted by Gasteiger charge is 2.11. The first-order valence-corrected chi connectivity index (χ1v) is 9.75. The molecule has 0 radical (unpaired) electrons. The maximum absolute atomic E-state index is 13.0. The predicted octanol–water partition coefficient (Wildman–Crippen LogP) is 6.85. The molecule has 0 spiro atoms. The molecular weight excluding hydrogens is 461 g/mol. The summed E-state index contributed by atoms with van der Waals surface area (Å²) < 4.78 is 20.9. The van der Waals surface area contributed by atoms with Crippen molar-refractivity contribution in [2.45, 2.75) is 20.1 Å². The Hall–Kier alpha value is -1.85. The van der Waals surface area contributed by atoms with Gasteiger partial charge in [-0.05, 0) is 64.8 Å². The van der Waals surface area contributed by atoms with Gasteiger partial charge in [0.15, 0.2) is 0 Å². The lowest BCUT2D eigenvalue weighted by Crippen LogP contribution is -2.05. The van der Waals surface area contributed by atoms with Crippen molar-refractivity contribution in [3.8, 4) is 5.75 Å². The van der Waals surface area contributed by atoms with Crippen molar-refractivity contribution >= 4 is 37.5 Å². The molecule has 0 aliphatic rings. The molecule has 0 aromatic heterocycles. The van der Waals surface area contributed by atoms with Crippen LogP contribution in [0.3, 0.4) is 0 Å². The summed E-state index contributed by atoms with van der Waals surface area (Å²) in [5, 5.41) is 3.42. The number of nitrogens with one attached hydrogen (secondary N) is 1. The molecule has 0 fully saturated rings. The first-order chi connectivity index (χ1) is 12.5. The van der Waals surface area contributed by atoms with Gasteiger partial charge >= 0.3 is 0 Å². The Labute approximate surface area is 169 Å². The Morgan fingerprint density at radius 2 is 1.65 bits per heavy atom. The predicted molar refractivity (Wildman–Crippen MR) is 111 cm³/mol. The molecule has 0 saturated heterocycles. The molecule has 3 aromatic carbocycles. The van der Waals surface area contributed by atoms with Crippen LogP contribution in [0.5, 0.6) is 5.75 Å². The molecule has 0 aliphatic carbocycles. The topological polar surface area (TPSA) is 21.3 Å². The summed E-state index contributed by atoms with van der Waals surface area (Å²) in [6, 6.07) is 18.6. The second kappa shape index (κ2) is 8.69. The van der Waals surface area contributed by atoms with Crippen molar-refractivity contribution in [1.29, 1.82) is 0 Å². The molecule has 0 unspecified atom stereocenters. The summed E-state index contributed by atoms with van der Waals surface area (Å²) in [7, 11) is 0. The van der Waals surface area contributed by atoms with E-state index in [2.05, 4.69) is 68.4 Å². The first kappa shape index (κ1) is 18.9. The number of rotatable bonds is 6. The van der Waals surface area contributed by atoms with Crippen LogP contribution >= 0.6 is 31.9 Å². The summed E-state index contributed by atoms with van der Waals surface area (Å²) in [5.41, 5.74) is 4.22. The number of hydrogen-bond acceptors (Lipinski definition) is 2. The van der Waals surface area contributed by atoms with Gasteiger partial charge < -0.3 is 10.1 Å². The molecular formula is C21H18Br2FNO. The first-order valence-electron chi connectivity index (χ1n) is 8.17. The quantitative estimate of drug-likeness (QED) is 0.418. The van der Waals surface area contributed by atoms with Crippen molar-refractivity contribution in [2.75, 3.05) is 5.32 Å². The van der Waals surface area contributed by atoms with Crippen LogP contribution < -0.4 is 10.1 Å². The van der Waals surface area contributed by atoms with E-state index in [-0.39, 0.29) is 5.82 Å². The number of ether oxygens (including phenoxy) is 1. The van der Waals surface area contributed by atoms with Gasteiger partial charge in [0.05, 0.1) is 4.47 Å². The number of halogens is 3. The minimum atomic E-state index is -0.249. The number of aryl methyl sites for hydroxylation is 1. The number of benzene rings is 3. The third-order valence-corrected chi connectivity index (χ3v) is 4.96. The van der Waals surface area contributed by atoms with Gasteiger partial charge in [-0.3, -0.25) is 0 Å². The average molecular weight is 479 g/mol. The van der Waals surface area contributed by atoms with Crippen molar-refractivity contribution in [1.82, 2.24) is 0 Å². The van der Waals surface area contributed by atoms with Crippen LogP contribution in [0.1, 0.15) is 16.7 Å². The van der Waals surface area contributed by atoms with E-state index in [4.69, 9.17) is 4.74 Å². The monoisotopic (exact) mass is 477 g/mol. The second-order valence-corrected chi connectivity index (χ2v) is 7.78. The lowest BCUT2D eigenvalue weighted by Gasteiger charge is -2.15. The van der Waals surface area contributed by atoms with Crippen molar-refractivity contribution in [2.24, 2.45) is 0 Å². The normalized spacial score (nSPS) is 10.6. The third kappa shape index (κ3) is 5.08. The summed E-state index contributed by atoms with van der Waals surface area (Å²) >= 11 is 7.11. The summed E-state index contributed by atoms with van der Waals surface area (Å²) in [5.74, 6) is 0.527. The molecule has 0 atom stereocenters. The van der Waals surface area contributed by atoms with Crippen molar-refractivity contribution < 1.29 is 9.13 Å². The molecule has 1 N–H and O–H groups in total. The van der Waals surface area contributed by atoms with Crippen LogP contribution in [0.2, 0.25) is 0 Å². The van der Waals surface area contributed by atoms with Crippen LogP contribution in [-0.4, -0.2) is 0 Å². The Bertz CT molecular complexity index is 880. The highest BCUT2D eigenvalue weighted by Crippen LogP contribution is 2.34. The maximum atomic E-state index is 13.0. The zero-order chi connectivity index (χ0) is 18.5. The highest BCUT2D eigenvalue weighted by atomic mass is 79.9. The maximum Gasteiger partial charge on any atom is 0.139 e. The van der Waals surface area contributed by atoms with Crippen molar-refractivity contribution in [3.05, 3.63) is 92.1 Å². The smallest absolute Gasteiger partial charge is 0.139 e. The van der Waals surface area contributed by atoms with Crippen LogP contribution in [0.15, 0.2) is 69.6 Å². The minimum Gasteiger partial charge on any atom is -0.487 e. The van der Waals surface area contributed by atoms with E-state index < -0.39 is 0 Å². The SMILES string of the molecule is Cc1ccc(NCc2cc(Br)cc(Br)c2OCc2ccc(F)cc2)cc1. The van der Waals surface area contributed by atoms with Crippen LogP contribution in [-0.2, 0) is 13.2 Å². The fourth-order valence-corrected chi connectivity index (χ4v) is 3.94. The molecule has 0 amide bonds. The van der Waals surface area contributed by atoms with E-state index in [1.54, 1.807) is 12.1 Å². The zero-order valence-electron chi connectivity index (χ0n) is 14.2. The molecule has 3 aromatic rings. The lowest BCUT2D eigenvalue weighted by molar-refractivity contribution is 0.301. The molecule has 134 valence electrons. The largest absolute Gasteiger partial charge is 0.487 e. The average Bonchev–Trinajstić information content (AvgIpc) is 2.62. The van der Waals surface area contributed by atoms with Gasteiger partial charge in [-0.1, -0.05) is 45.8 Å². The molecule has 0 heterocycles. The number of hydrogen-bond donors (Lipinski definition) is 1. The molecule has 26 heavy (non-hydrogen) atoms. The van der Waals surface area contributed by atoms with Gasteiger partial charge in [-0.25, -0.2) is 4.39 Å². The van der Waals surface area contributed by atoms with E-state index in [0.29, 0.717) is 13.2 Å². The van der Waals surface area contributed by atoms with E-state index in [1.165, 1.54) is 17.7 Å². The van der Waals surface area contributed by atoms with E-state index >= 15 is 0 Å².